The largest absolute Gasteiger partial charge is 0.478 e. The van der Waals surface area contributed by atoms with Crippen molar-refractivity contribution in [3.05, 3.63) is 54.0 Å². The summed E-state index contributed by atoms with van der Waals surface area (Å²) < 4.78 is 27.6. The van der Waals surface area contributed by atoms with E-state index in [1.165, 1.54) is 16.9 Å². The third-order valence-corrected chi connectivity index (χ3v) is 4.68. The van der Waals surface area contributed by atoms with Crippen molar-refractivity contribution in [3.8, 4) is 11.3 Å². The maximum atomic E-state index is 13.0. The van der Waals surface area contributed by atoms with E-state index in [1.807, 2.05) is 0 Å². The molecule has 144 valence electrons. The number of carbonyl (C=O) groups is 1. The first-order valence-electron chi connectivity index (χ1n) is 8.68. The van der Waals surface area contributed by atoms with E-state index in [1.54, 1.807) is 37.5 Å². The Hall–Kier alpha value is -3.36. The molecule has 4 rings (SSSR count). The van der Waals surface area contributed by atoms with E-state index in [-0.39, 0.29) is 30.4 Å². The van der Waals surface area contributed by atoms with E-state index < -0.39 is 11.9 Å². The van der Waals surface area contributed by atoms with Gasteiger partial charge in [-0.2, -0.15) is 5.10 Å². The quantitative estimate of drug-likeness (QED) is 0.688. The Bertz CT molecular complexity index is 1040. The van der Waals surface area contributed by atoms with Crippen molar-refractivity contribution < 1.29 is 18.7 Å². The standard InChI is InChI=1S/C19H17F2N5O2/c1-11-8-22-18(25-16(11)14-4-2-3-5-15(14)17(27)28)24-12-9-23-26(10-12)13-6-19(20,21)7-13/h2-5,8-10,13H,6-7H2,1H3,(H,27,28)(H,22,24,25). The summed E-state index contributed by atoms with van der Waals surface area (Å²) in [6, 6.07) is 6.29. The van der Waals surface area contributed by atoms with Gasteiger partial charge in [-0.1, -0.05) is 18.2 Å². The molecule has 2 heterocycles. The molecule has 0 unspecified atom stereocenters. The molecule has 0 bridgehead atoms. The number of nitrogens with one attached hydrogen (secondary N) is 1. The molecule has 0 radical (unpaired) electrons. The first-order chi connectivity index (χ1) is 13.3. The van der Waals surface area contributed by atoms with Gasteiger partial charge in [0.15, 0.2) is 0 Å². The highest BCUT2D eigenvalue weighted by Crippen LogP contribution is 2.45. The Kier molecular flexibility index (Phi) is 4.29. The molecule has 0 amide bonds. The molecule has 28 heavy (non-hydrogen) atoms. The summed E-state index contributed by atoms with van der Waals surface area (Å²) in [5.74, 6) is -3.39. The maximum absolute atomic E-state index is 13.0. The number of hydrogen-bond acceptors (Lipinski definition) is 5. The number of aryl methyl sites for hydroxylation is 1. The Morgan fingerprint density at radius 2 is 2.04 bits per heavy atom. The van der Waals surface area contributed by atoms with E-state index in [4.69, 9.17) is 0 Å². The number of hydrogen-bond donors (Lipinski definition) is 2. The van der Waals surface area contributed by atoms with Crippen LogP contribution in [0.2, 0.25) is 0 Å². The second-order valence-electron chi connectivity index (χ2n) is 6.83. The van der Waals surface area contributed by atoms with Crippen molar-refractivity contribution in [2.24, 2.45) is 0 Å². The van der Waals surface area contributed by atoms with Crippen molar-refractivity contribution in [1.29, 1.82) is 0 Å². The highest BCUT2D eigenvalue weighted by molar-refractivity contribution is 5.95. The summed E-state index contributed by atoms with van der Waals surface area (Å²) in [5, 5.41) is 16.5. The summed E-state index contributed by atoms with van der Waals surface area (Å²) in [4.78, 5) is 20.2. The normalized spacial score (nSPS) is 15.8. The lowest BCUT2D eigenvalue weighted by molar-refractivity contribution is -0.106. The summed E-state index contributed by atoms with van der Waals surface area (Å²) in [7, 11) is 0. The van der Waals surface area contributed by atoms with Crippen LogP contribution >= 0.6 is 0 Å². The minimum atomic E-state index is -2.61. The summed E-state index contributed by atoms with van der Waals surface area (Å²) in [5.41, 5.74) is 2.43. The highest BCUT2D eigenvalue weighted by Gasteiger charge is 2.46. The van der Waals surface area contributed by atoms with E-state index >= 15 is 0 Å². The van der Waals surface area contributed by atoms with Crippen LogP contribution in [0.1, 0.15) is 34.8 Å². The fourth-order valence-electron chi connectivity index (χ4n) is 3.20. The van der Waals surface area contributed by atoms with E-state index in [9.17, 15) is 18.7 Å². The molecule has 3 aromatic rings. The first kappa shape index (κ1) is 18.0. The van der Waals surface area contributed by atoms with Crippen LogP contribution in [0.5, 0.6) is 0 Å². The van der Waals surface area contributed by atoms with Gasteiger partial charge in [-0.25, -0.2) is 23.5 Å². The van der Waals surface area contributed by atoms with Gasteiger partial charge in [-0.3, -0.25) is 4.68 Å². The summed E-state index contributed by atoms with van der Waals surface area (Å²) in [6.45, 7) is 1.80. The SMILES string of the molecule is Cc1cnc(Nc2cnn(C3CC(F)(F)C3)c2)nc1-c1ccccc1C(=O)O. The molecule has 0 saturated heterocycles. The smallest absolute Gasteiger partial charge is 0.336 e. The molecule has 0 atom stereocenters. The molecule has 1 fully saturated rings. The second-order valence-corrected chi connectivity index (χ2v) is 6.83. The Labute approximate surface area is 159 Å². The molecule has 0 spiro atoms. The lowest BCUT2D eigenvalue weighted by Gasteiger charge is -2.34. The van der Waals surface area contributed by atoms with Gasteiger partial charge in [-0.05, 0) is 18.6 Å². The number of halogens is 2. The van der Waals surface area contributed by atoms with Crippen molar-refractivity contribution >= 4 is 17.6 Å². The lowest BCUT2D eigenvalue weighted by atomic mass is 9.88. The molecule has 1 aliphatic rings. The number of benzene rings is 1. The first-order valence-corrected chi connectivity index (χ1v) is 8.68. The molecular formula is C19H17F2N5O2. The van der Waals surface area contributed by atoms with Gasteiger partial charge >= 0.3 is 5.97 Å². The number of anilines is 2. The summed E-state index contributed by atoms with van der Waals surface area (Å²) in [6.07, 6.45) is 4.31. The van der Waals surface area contributed by atoms with Crippen molar-refractivity contribution in [2.75, 3.05) is 5.32 Å². The van der Waals surface area contributed by atoms with E-state index in [2.05, 4.69) is 20.4 Å². The number of carboxylic acids is 1. The van der Waals surface area contributed by atoms with Gasteiger partial charge in [-0.15, -0.1) is 0 Å². The molecule has 1 aliphatic carbocycles. The average Bonchev–Trinajstić information content (AvgIpc) is 3.09. The number of carboxylic acid groups (broad SMARTS) is 1. The zero-order valence-corrected chi connectivity index (χ0v) is 14.9. The maximum Gasteiger partial charge on any atom is 0.336 e. The monoisotopic (exact) mass is 385 g/mol. The highest BCUT2D eigenvalue weighted by atomic mass is 19.3. The lowest BCUT2D eigenvalue weighted by Crippen LogP contribution is -2.37. The molecule has 9 heteroatoms. The molecule has 2 aromatic heterocycles. The number of aromatic carboxylic acids is 1. The summed E-state index contributed by atoms with van der Waals surface area (Å²) >= 11 is 0. The predicted molar refractivity (Wildman–Crippen MR) is 97.9 cm³/mol. The fraction of sp³-hybridized carbons (Fsp3) is 0.263. The minimum absolute atomic E-state index is 0.147. The molecular weight excluding hydrogens is 368 g/mol. The second kappa shape index (κ2) is 6.66. The Morgan fingerprint density at radius 1 is 1.29 bits per heavy atom. The van der Waals surface area contributed by atoms with Crippen LogP contribution in [0.3, 0.4) is 0 Å². The van der Waals surface area contributed by atoms with Gasteiger partial charge in [0.1, 0.15) is 0 Å². The van der Waals surface area contributed by atoms with Crippen LogP contribution in [0, 0.1) is 6.92 Å². The number of rotatable bonds is 5. The zero-order valence-electron chi connectivity index (χ0n) is 14.9. The van der Waals surface area contributed by atoms with Crippen molar-refractivity contribution in [3.63, 3.8) is 0 Å². The number of nitrogens with zero attached hydrogens (tertiary/aromatic N) is 4. The molecule has 7 nitrogen and oxygen atoms in total. The Balaban J connectivity index is 1.59. The van der Waals surface area contributed by atoms with Gasteiger partial charge in [0, 0.05) is 30.8 Å². The van der Waals surface area contributed by atoms with Crippen LogP contribution in [0.15, 0.2) is 42.9 Å². The number of aromatic nitrogens is 4. The fourth-order valence-corrected chi connectivity index (χ4v) is 3.20. The average molecular weight is 385 g/mol. The van der Waals surface area contributed by atoms with Gasteiger partial charge in [0.25, 0.3) is 5.92 Å². The van der Waals surface area contributed by atoms with Gasteiger partial charge in [0.05, 0.1) is 29.2 Å². The minimum Gasteiger partial charge on any atom is -0.478 e. The molecule has 2 N–H and O–H groups in total. The van der Waals surface area contributed by atoms with E-state index in [0.29, 0.717) is 16.9 Å². The predicted octanol–water partition coefficient (Wildman–Crippen LogP) is 4.06. The van der Waals surface area contributed by atoms with Crippen LogP contribution in [0.4, 0.5) is 20.4 Å². The molecule has 1 aromatic carbocycles. The third-order valence-electron chi connectivity index (χ3n) is 4.68. The Morgan fingerprint density at radius 3 is 2.75 bits per heavy atom. The van der Waals surface area contributed by atoms with Crippen LogP contribution < -0.4 is 5.32 Å². The van der Waals surface area contributed by atoms with Crippen LogP contribution in [-0.2, 0) is 0 Å². The number of alkyl halides is 2. The van der Waals surface area contributed by atoms with Gasteiger partial charge < -0.3 is 10.4 Å². The third kappa shape index (κ3) is 3.42. The van der Waals surface area contributed by atoms with Crippen molar-refractivity contribution in [1.82, 2.24) is 19.7 Å². The van der Waals surface area contributed by atoms with Crippen LogP contribution in [0.25, 0.3) is 11.3 Å². The zero-order chi connectivity index (χ0) is 19.9. The van der Waals surface area contributed by atoms with Crippen LogP contribution in [-0.4, -0.2) is 36.7 Å². The van der Waals surface area contributed by atoms with Crippen molar-refractivity contribution in [2.45, 2.75) is 31.7 Å². The topological polar surface area (TPSA) is 92.9 Å². The molecule has 0 aliphatic heterocycles. The van der Waals surface area contributed by atoms with E-state index in [0.717, 1.165) is 5.56 Å². The molecule has 1 saturated carbocycles. The van der Waals surface area contributed by atoms with Gasteiger partial charge in [0.2, 0.25) is 5.95 Å².